The monoisotopic (exact) mass is 403 g/mol. The lowest BCUT2D eigenvalue weighted by molar-refractivity contribution is -0.135. The first-order valence-corrected chi connectivity index (χ1v) is 10.00. The van der Waals surface area contributed by atoms with Crippen LogP contribution in [0.5, 0.6) is 11.5 Å². The van der Waals surface area contributed by atoms with Gasteiger partial charge in [0, 0.05) is 23.9 Å². The standard InChI is InChI=1S/C21H25NO5S/c1-25-18-7-5-15(12-19(18)26-2)6-8-21(24)22-9-10-27-14-16(22)13-17(23)20-4-3-11-28-20/h3-8,11-12,16-17,23H,9-10,13-14H2,1-2H3. The van der Waals surface area contributed by atoms with Crippen molar-refractivity contribution in [1.82, 2.24) is 4.90 Å². The Hall–Kier alpha value is -2.35. The summed E-state index contributed by atoms with van der Waals surface area (Å²) >= 11 is 1.51. The van der Waals surface area contributed by atoms with Crippen LogP contribution in [-0.4, -0.2) is 55.9 Å². The topological polar surface area (TPSA) is 68.2 Å². The van der Waals surface area contributed by atoms with Crippen molar-refractivity contribution in [1.29, 1.82) is 0 Å². The fourth-order valence-electron chi connectivity index (χ4n) is 3.21. The molecule has 1 aliphatic rings. The smallest absolute Gasteiger partial charge is 0.246 e. The van der Waals surface area contributed by atoms with Crippen LogP contribution in [0.25, 0.3) is 6.08 Å². The number of nitrogens with zero attached hydrogens (tertiary/aromatic N) is 1. The van der Waals surface area contributed by atoms with E-state index in [1.807, 2.05) is 29.6 Å². The second-order valence-electron chi connectivity index (χ2n) is 6.48. The number of amides is 1. The van der Waals surface area contributed by atoms with Crippen LogP contribution in [0.1, 0.15) is 23.0 Å². The number of aliphatic hydroxyl groups is 1. The summed E-state index contributed by atoms with van der Waals surface area (Å²) in [7, 11) is 3.16. The molecule has 1 saturated heterocycles. The van der Waals surface area contributed by atoms with E-state index in [1.165, 1.54) is 11.3 Å². The lowest BCUT2D eigenvalue weighted by Crippen LogP contribution is -2.48. The molecule has 28 heavy (non-hydrogen) atoms. The van der Waals surface area contributed by atoms with Gasteiger partial charge in [-0.25, -0.2) is 0 Å². The van der Waals surface area contributed by atoms with Crippen molar-refractivity contribution in [2.45, 2.75) is 18.6 Å². The van der Waals surface area contributed by atoms with Gasteiger partial charge in [0.05, 0.1) is 39.6 Å². The fourth-order valence-corrected chi connectivity index (χ4v) is 3.94. The van der Waals surface area contributed by atoms with Gasteiger partial charge in [0.2, 0.25) is 5.91 Å². The third-order valence-electron chi connectivity index (χ3n) is 4.70. The lowest BCUT2D eigenvalue weighted by Gasteiger charge is -2.36. The SMILES string of the molecule is COc1ccc(C=CC(=O)N2CCOCC2CC(O)c2cccs2)cc1OC. The van der Waals surface area contributed by atoms with E-state index in [4.69, 9.17) is 14.2 Å². The molecule has 7 heteroatoms. The molecule has 0 radical (unpaired) electrons. The summed E-state index contributed by atoms with van der Waals surface area (Å²) in [6.07, 6.45) is 3.16. The van der Waals surface area contributed by atoms with Crippen LogP contribution < -0.4 is 9.47 Å². The molecule has 1 amide bonds. The normalized spacial score (nSPS) is 18.2. The third kappa shape index (κ3) is 4.92. The lowest BCUT2D eigenvalue weighted by atomic mass is 10.1. The van der Waals surface area contributed by atoms with Gasteiger partial charge in [0.25, 0.3) is 0 Å². The van der Waals surface area contributed by atoms with Crippen LogP contribution in [0.4, 0.5) is 0 Å². The predicted octanol–water partition coefficient (Wildman–Crippen LogP) is 3.13. The van der Waals surface area contributed by atoms with Crippen molar-refractivity contribution in [3.63, 3.8) is 0 Å². The molecule has 1 aliphatic heterocycles. The second kappa shape index (κ2) is 9.73. The summed E-state index contributed by atoms with van der Waals surface area (Å²) in [4.78, 5) is 15.5. The molecule has 0 bridgehead atoms. The summed E-state index contributed by atoms with van der Waals surface area (Å²) in [5.41, 5.74) is 0.842. The number of aliphatic hydroxyl groups excluding tert-OH is 1. The Morgan fingerprint density at radius 3 is 2.89 bits per heavy atom. The summed E-state index contributed by atoms with van der Waals surface area (Å²) in [6.45, 7) is 1.44. The molecule has 2 atom stereocenters. The first-order chi connectivity index (χ1) is 13.6. The number of ether oxygens (including phenoxy) is 3. The van der Waals surface area contributed by atoms with Gasteiger partial charge in [-0.2, -0.15) is 0 Å². The van der Waals surface area contributed by atoms with E-state index in [0.29, 0.717) is 37.7 Å². The molecule has 6 nitrogen and oxygen atoms in total. The Morgan fingerprint density at radius 1 is 1.36 bits per heavy atom. The number of hydrogen-bond donors (Lipinski definition) is 1. The van der Waals surface area contributed by atoms with E-state index >= 15 is 0 Å². The highest BCUT2D eigenvalue weighted by Gasteiger charge is 2.28. The van der Waals surface area contributed by atoms with Crippen LogP contribution >= 0.6 is 11.3 Å². The Bertz CT molecular complexity index is 805. The minimum absolute atomic E-state index is 0.0959. The molecule has 3 rings (SSSR count). The zero-order valence-electron chi connectivity index (χ0n) is 16.0. The summed E-state index contributed by atoms with van der Waals surface area (Å²) in [6, 6.07) is 9.14. The Kier molecular flexibility index (Phi) is 7.08. The summed E-state index contributed by atoms with van der Waals surface area (Å²) in [5, 5.41) is 12.4. The first kappa shape index (κ1) is 20.4. The summed E-state index contributed by atoms with van der Waals surface area (Å²) in [5.74, 6) is 1.16. The molecule has 1 aromatic carbocycles. The van der Waals surface area contributed by atoms with Gasteiger partial charge in [-0.05, 0) is 35.2 Å². The quantitative estimate of drug-likeness (QED) is 0.720. The van der Waals surface area contributed by atoms with Gasteiger partial charge in [0.1, 0.15) is 0 Å². The molecule has 1 N–H and O–H groups in total. The zero-order valence-corrected chi connectivity index (χ0v) is 16.9. The maximum Gasteiger partial charge on any atom is 0.246 e. The molecule has 2 aromatic rings. The average Bonchev–Trinajstić information content (AvgIpc) is 3.27. The van der Waals surface area contributed by atoms with E-state index in [0.717, 1.165) is 10.4 Å². The van der Waals surface area contributed by atoms with E-state index < -0.39 is 6.10 Å². The first-order valence-electron chi connectivity index (χ1n) is 9.12. The molecule has 2 unspecified atom stereocenters. The van der Waals surface area contributed by atoms with Crippen molar-refractivity contribution in [2.24, 2.45) is 0 Å². The molecular weight excluding hydrogens is 378 g/mol. The highest BCUT2D eigenvalue weighted by Crippen LogP contribution is 2.28. The van der Waals surface area contributed by atoms with Crippen LogP contribution in [0.15, 0.2) is 41.8 Å². The van der Waals surface area contributed by atoms with Crippen molar-refractivity contribution in [3.05, 3.63) is 52.2 Å². The number of benzene rings is 1. The Balaban J connectivity index is 1.68. The largest absolute Gasteiger partial charge is 0.493 e. The fraction of sp³-hybridized carbons (Fsp3) is 0.381. The number of hydrogen-bond acceptors (Lipinski definition) is 6. The minimum atomic E-state index is -0.600. The highest BCUT2D eigenvalue weighted by atomic mass is 32.1. The number of methoxy groups -OCH3 is 2. The molecule has 1 aromatic heterocycles. The maximum atomic E-state index is 12.8. The number of carbonyl (C=O) groups excluding carboxylic acids is 1. The van der Waals surface area contributed by atoms with Crippen molar-refractivity contribution in [3.8, 4) is 11.5 Å². The minimum Gasteiger partial charge on any atom is -0.493 e. The van der Waals surface area contributed by atoms with Gasteiger partial charge in [-0.15, -0.1) is 11.3 Å². The van der Waals surface area contributed by atoms with Gasteiger partial charge in [-0.1, -0.05) is 12.1 Å². The number of thiophene rings is 1. The predicted molar refractivity (Wildman–Crippen MR) is 109 cm³/mol. The van der Waals surface area contributed by atoms with Crippen molar-refractivity contribution < 1.29 is 24.1 Å². The molecule has 1 fully saturated rings. The van der Waals surface area contributed by atoms with E-state index in [2.05, 4.69) is 0 Å². The Morgan fingerprint density at radius 2 is 2.18 bits per heavy atom. The van der Waals surface area contributed by atoms with E-state index in [9.17, 15) is 9.90 Å². The molecule has 0 saturated carbocycles. The van der Waals surface area contributed by atoms with Crippen molar-refractivity contribution in [2.75, 3.05) is 34.0 Å². The molecule has 2 heterocycles. The van der Waals surface area contributed by atoms with Crippen molar-refractivity contribution >= 4 is 23.3 Å². The maximum absolute atomic E-state index is 12.8. The van der Waals surface area contributed by atoms with Gasteiger partial charge < -0.3 is 24.2 Å². The van der Waals surface area contributed by atoms with Gasteiger partial charge >= 0.3 is 0 Å². The number of carbonyl (C=O) groups is 1. The van der Waals surface area contributed by atoms with Crippen LogP contribution in [0, 0.1) is 0 Å². The van der Waals surface area contributed by atoms with Crippen LogP contribution in [0.2, 0.25) is 0 Å². The van der Waals surface area contributed by atoms with Gasteiger partial charge in [0.15, 0.2) is 11.5 Å². The zero-order chi connectivity index (χ0) is 19.9. The molecule has 0 spiro atoms. The van der Waals surface area contributed by atoms with Crippen LogP contribution in [0.3, 0.4) is 0 Å². The number of morpholine rings is 1. The van der Waals surface area contributed by atoms with E-state index in [-0.39, 0.29) is 11.9 Å². The summed E-state index contributed by atoms with van der Waals surface area (Å²) < 4.78 is 16.1. The van der Waals surface area contributed by atoms with Crippen LogP contribution in [-0.2, 0) is 9.53 Å². The Labute approximate surface area is 169 Å². The van der Waals surface area contributed by atoms with E-state index in [1.54, 1.807) is 37.3 Å². The third-order valence-corrected chi connectivity index (χ3v) is 5.68. The number of rotatable bonds is 7. The molecule has 0 aliphatic carbocycles. The van der Waals surface area contributed by atoms with Gasteiger partial charge in [-0.3, -0.25) is 4.79 Å². The second-order valence-corrected chi connectivity index (χ2v) is 7.45. The highest BCUT2D eigenvalue weighted by molar-refractivity contribution is 7.10. The molecule has 150 valence electrons. The molecular formula is C21H25NO5S. The average molecular weight is 404 g/mol.